The van der Waals surface area contributed by atoms with Gasteiger partial charge in [0.05, 0.1) is 0 Å². The molecule has 2 atom stereocenters. The van der Waals surface area contributed by atoms with Crippen molar-refractivity contribution < 1.29 is 14.3 Å². The Hall–Kier alpha value is -3.86. The van der Waals surface area contributed by atoms with Gasteiger partial charge in [-0.25, -0.2) is 9.79 Å². The van der Waals surface area contributed by atoms with E-state index < -0.39 is 12.1 Å². The van der Waals surface area contributed by atoms with Gasteiger partial charge in [0.25, 0.3) is 0 Å². The number of ether oxygens (including phenoxy) is 2. The largest absolute Gasteiger partial charge is 0.477 e. The summed E-state index contributed by atoms with van der Waals surface area (Å²) in [6, 6.07) is 29.1. The van der Waals surface area contributed by atoms with E-state index in [0.717, 1.165) is 16.7 Å². The van der Waals surface area contributed by atoms with Gasteiger partial charge in [0.1, 0.15) is 25.3 Å². The lowest BCUT2D eigenvalue weighted by molar-refractivity contribution is 0.0837. The minimum atomic E-state index is -0.413. The molecule has 0 aromatic heterocycles. The van der Waals surface area contributed by atoms with E-state index in [1.807, 2.05) is 91.0 Å². The summed E-state index contributed by atoms with van der Waals surface area (Å²) < 4.78 is 11.7. The molecule has 1 aliphatic heterocycles. The number of nitrogens with zero attached hydrogens (tertiary/aromatic N) is 2. The third-order valence-corrected chi connectivity index (χ3v) is 5.54. The highest BCUT2D eigenvalue weighted by Crippen LogP contribution is 2.27. The summed E-state index contributed by atoms with van der Waals surface area (Å²) in [5, 5.41) is 0. The highest BCUT2D eigenvalue weighted by Gasteiger charge is 2.34. The van der Waals surface area contributed by atoms with Crippen molar-refractivity contribution in [3.8, 4) is 0 Å². The monoisotopic (exact) mass is 440 g/mol. The molecule has 0 aliphatic carbocycles. The summed E-state index contributed by atoms with van der Waals surface area (Å²) in [4.78, 5) is 19.8. The average Bonchev–Trinajstić information content (AvgIpc) is 3.36. The zero-order valence-electron chi connectivity index (χ0n) is 18.5. The highest BCUT2D eigenvalue weighted by atomic mass is 16.6. The van der Waals surface area contributed by atoms with Crippen LogP contribution in [0.1, 0.15) is 29.2 Å². The zero-order chi connectivity index (χ0) is 22.9. The fourth-order valence-corrected chi connectivity index (χ4v) is 3.82. The van der Waals surface area contributed by atoms with Gasteiger partial charge in [0.2, 0.25) is 5.90 Å². The first-order valence-electron chi connectivity index (χ1n) is 11.1. The Morgan fingerprint density at radius 2 is 1.61 bits per heavy atom. The Labute approximate surface area is 195 Å². The fraction of sp³-hybridized carbons (Fsp3) is 0.214. The molecule has 1 heterocycles. The third kappa shape index (κ3) is 5.89. The standard InChI is InChI=1S/C28H28N2O3/c1-2-12-26(27-29-25(21-32-27)24-17-10-5-11-18-24)30(19-22-13-6-3-7-14-22)28(31)33-20-23-15-8-4-9-16-23/h2-11,13-18,25-26H,1,12,19-21H2/t25-,26+/m0/s1. The van der Waals surface area contributed by atoms with Gasteiger partial charge in [-0.3, -0.25) is 4.90 Å². The Balaban J connectivity index is 1.58. The van der Waals surface area contributed by atoms with E-state index in [1.54, 1.807) is 11.0 Å². The second kappa shape index (κ2) is 11.1. The summed E-state index contributed by atoms with van der Waals surface area (Å²) >= 11 is 0. The Bertz CT molecular complexity index is 1070. The molecule has 33 heavy (non-hydrogen) atoms. The van der Waals surface area contributed by atoms with Gasteiger partial charge in [0, 0.05) is 6.54 Å². The molecule has 4 rings (SSSR count). The summed E-state index contributed by atoms with van der Waals surface area (Å²) in [5.41, 5.74) is 3.02. The SMILES string of the molecule is C=CC[C@H](C1=N[C@H](c2ccccc2)CO1)N(Cc1ccccc1)C(=O)OCc1ccccc1. The first-order chi connectivity index (χ1) is 16.2. The molecule has 0 radical (unpaired) electrons. The van der Waals surface area contributed by atoms with Gasteiger partial charge < -0.3 is 9.47 Å². The van der Waals surface area contributed by atoms with Gasteiger partial charge in [-0.15, -0.1) is 6.58 Å². The van der Waals surface area contributed by atoms with Crippen molar-refractivity contribution in [3.63, 3.8) is 0 Å². The smallest absolute Gasteiger partial charge is 0.411 e. The van der Waals surface area contributed by atoms with E-state index in [2.05, 4.69) is 6.58 Å². The molecule has 3 aromatic rings. The van der Waals surface area contributed by atoms with Crippen LogP contribution in [-0.4, -0.2) is 29.5 Å². The number of rotatable bonds is 9. The van der Waals surface area contributed by atoms with Crippen LogP contribution >= 0.6 is 0 Å². The molecule has 0 bridgehead atoms. The molecule has 168 valence electrons. The highest BCUT2D eigenvalue weighted by molar-refractivity contribution is 5.87. The summed E-state index contributed by atoms with van der Waals surface area (Å²) in [5.74, 6) is 0.538. The maximum atomic E-state index is 13.3. The van der Waals surface area contributed by atoms with Gasteiger partial charge in [-0.2, -0.15) is 0 Å². The third-order valence-electron chi connectivity index (χ3n) is 5.54. The number of aliphatic imine (C=N–C) groups is 1. The molecular weight excluding hydrogens is 412 g/mol. The molecule has 0 spiro atoms. The maximum absolute atomic E-state index is 13.3. The zero-order valence-corrected chi connectivity index (χ0v) is 18.5. The van der Waals surface area contributed by atoms with Crippen LogP contribution in [0.3, 0.4) is 0 Å². The lowest BCUT2D eigenvalue weighted by atomic mass is 10.1. The Morgan fingerprint density at radius 3 is 2.24 bits per heavy atom. The first-order valence-corrected chi connectivity index (χ1v) is 11.1. The number of carbonyl (C=O) groups excluding carboxylic acids is 1. The Kier molecular flexibility index (Phi) is 7.54. The Morgan fingerprint density at radius 1 is 1.00 bits per heavy atom. The summed E-state index contributed by atoms with van der Waals surface area (Å²) in [7, 11) is 0. The molecule has 0 N–H and O–H groups in total. The van der Waals surface area contributed by atoms with E-state index in [9.17, 15) is 4.79 Å². The number of hydrogen-bond acceptors (Lipinski definition) is 4. The van der Waals surface area contributed by atoms with Crippen LogP contribution in [-0.2, 0) is 22.6 Å². The normalized spacial score (nSPS) is 15.8. The quantitative estimate of drug-likeness (QED) is 0.387. The van der Waals surface area contributed by atoms with Crippen molar-refractivity contribution in [3.05, 3.63) is 120 Å². The van der Waals surface area contributed by atoms with Crippen LogP contribution in [0.5, 0.6) is 0 Å². The molecule has 0 saturated carbocycles. The van der Waals surface area contributed by atoms with Crippen LogP contribution in [0.15, 0.2) is 109 Å². The maximum Gasteiger partial charge on any atom is 0.411 e. The van der Waals surface area contributed by atoms with Crippen molar-refractivity contribution in [2.75, 3.05) is 6.61 Å². The van der Waals surface area contributed by atoms with Crippen LogP contribution < -0.4 is 0 Å². The van der Waals surface area contributed by atoms with Crippen LogP contribution in [0, 0.1) is 0 Å². The molecule has 0 fully saturated rings. The predicted molar refractivity (Wildman–Crippen MR) is 130 cm³/mol. The second-order valence-corrected chi connectivity index (χ2v) is 7.90. The number of hydrogen-bond donors (Lipinski definition) is 0. The predicted octanol–water partition coefficient (Wildman–Crippen LogP) is 5.94. The topological polar surface area (TPSA) is 51.1 Å². The van der Waals surface area contributed by atoms with Gasteiger partial charge in [0.15, 0.2) is 0 Å². The molecule has 5 heteroatoms. The molecule has 1 amide bonds. The van der Waals surface area contributed by atoms with E-state index in [-0.39, 0.29) is 12.6 Å². The average molecular weight is 441 g/mol. The molecule has 1 aliphatic rings. The van der Waals surface area contributed by atoms with Crippen LogP contribution in [0.2, 0.25) is 0 Å². The van der Waals surface area contributed by atoms with Crippen LogP contribution in [0.25, 0.3) is 0 Å². The molecule has 0 saturated heterocycles. The van der Waals surface area contributed by atoms with Gasteiger partial charge >= 0.3 is 6.09 Å². The number of benzene rings is 3. The van der Waals surface area contributed by atoms with Crippen molar-refractivity contribution in [1.82, 2.24) is 4.90 Å². The minimum absolute atomic E-state index is 0.0903. The molecule has 0 unspecified atom stereocenters. The lowest BCUT2D eigenvalue weighted by Crippen LogP contribution is -2.44. The van der Waals surface area contributed by atoms with Crippen molar-refractivity contribution >= 4 is 12.0 Å². The summed E-state index contributed by atoms with van der Waals surface area (Å²) in [6.07, 6.45) is 1.88. The van der Waals surface area contributed by atoms with E-state index in [4.69, 9.17) is 14.5 Å². The van der Waals surface area contributed by atoms with Gasteiger partial charge in [-0.1, -0.05) is 97.1 Å². The second-order valence-electron chi connectivity index (χ2n) is 7.90. The fourth-order valence-electron chi connectivity index (χ4n) is 3.82. The van der Waals surface area contributed by atoms with E-state index >= 15 is 0 Å². The molecule has 3 aromatic carbocycles. The minimum Gasteiger partial charge on any atom is -0.477 e. The van der Waals surface area contributed by atoms with Crippen LogP contribution in [0.4, 0.5) is 4.79 Å². The lowest BCUT2D eigenvalue weighted by Gasteiger charge is -2.30. The van der Waals surface area contributed by atoms with Crippen molar-refractivity contribution in [2.45, 2.75) is 31.7 Å². The van der Waals surface area contributed by atoms with Gasteiger partial charge in [-0.05, 0) is 23.1 Å². The number of amides is 1. The number of carbonyl (C=O) groups is 1. The van der Waals surface area contributed by atoms with Crippen molar-refractivity contribution in [2.24, 2.45) is 4.99 Å². The summed E-state index contributed by atoms with van der Waals surface area (Å²) in [6.45, 7) is 4.93. The first kappa shape index (κ1) is 22.3. The van der Waals surface area contributed by atoms with Crippen molar-refractivity contribution in [1.29, 1.82) is 0 Å². The van der Waals surface area contributed by atoms with E-state index in [1.165, 1.54) is 0 Å². The molecule has 5 nitrogen and oxygen atoms in total. The van der Waals surface area contributed by atoms with E-state index in [0.29, 0.717) is 25.5 Å². The molecular formula is C28H28N2O3.